The number of nitrogens with zero attached hydrogens (tertiary/aromatic N) is 3. The molecule has 166 valence electrons. The molecular weight excluding hydrogens is 416 g/mol. The molecule has 0 saturated carbocycles. The smallest absolute Gasteiger partial charge is 0.227 e. The normalized spacial score (nSPS) is 14.4. The minimum absolute atomic E-state index is 0.121. The van der Waals surface area contributed by atoms with Gasteiger partial charge in [0.15, 0.2) is 17.5 Å². The molecule has 1 fully saturated rings. The highest BCUT2D eigenvalue weighted by Crippen LogP contribution is 2.27. The highest BCUT2D eigenvalue weighted by molar-refractivity contribution is 6.30. The number of carbonyl (C=O) groups excluding carboxylic acids is 1. The van der Waals surface area contributed by atoms with Crippen LogP contribution < -0.4 is 14.8 Å². The number of ether oxygens (including phenoxy) is 2. The number of halogens is 1. The summed E-state index contributed by atoms with van der Waals surface area (Å²) in [4.78, 5) is 21.1. The number of piperazine rings is 1. The van der Waals surface area contributed by atoms with Crippen molar-refractivity contribution in [3.63, 3.8) is 0 Å². The van der Waals surface area contributed by atoms with Crippen molar-refractivity contribution in [1.29, 1.82) is 0 Å². The predicted octanol–water partition coefficient (Wildman–Crippen LogP) is 2.82. The van der Waals surface area contributed by atoms with Crippen LogP contribution in [0.5, 0.6) is 11.5 Å². The summed E-state index contributed by atoms with van der Waals surface area (Å²) < 4.78 is 10.7. The second-order valence-electron chi connectivity index (χ2n) is 7.26. The van der Waals surface area contributed by atoms with Gasteiger partial charge >= 0.3 is 0 Å². The fourth-order valence-electron chi connectivity index (χ4n) is 3.60. The summed E-state index contributed by atoms with van der Waals surface area (Å²) in [7, 11) is 5.02. The quantitative estimate of drug-likeness (QED) is 0.548. The number of hydrogen-bond donors (Lipinski definition) is 1. The highest BCUT2D eigenvalue weighted by atomic mass is 35.5. The second kappa shape index (κ2) is 10.9. The monoisotopic (exact) mass is 444 g/mol. The van der Waals surface area contributed by atoms with Gasteiger partial charge in [0.25, 0.3) is 0 Å². The van der Waals surface area contributed by atoms with Gasteiger partial charge < -0.3 is 24.6 Å². The summed E-state index contributed by atoms with van der Waals surface area (Å²) in [5, 5.41) is 4.05. The number of guanidine groups is 1. The molecular formula is C23H29ClN4O3. The van der Waals surface area contributed by atoms with Crippen molar-refractivity contribution in [2.45, 2.75) is 13.0 Å². The van der Waals surface area contributed by atoms with Crippen LogP contribution in [-0.2, 0) is 17.8 Å². The van der Waals surface area contributed by atoms with Crippen molar-refractivity contribution in [2.24, 2.45) is 4.99 Å². The van der Waals surface area contributed by atoms with E-state index >= 15 is 0 Å². The molecule has 1 heterocycles. The number of amides is 1. The number of carbonyl (C=O) groups is 1. The first-order valence-corrected chi connectivity index (χ1v) is 10.6. The lowest BCUT2D eigenvalue weighted by molar-refractivity contribution is -0.131. The molecule has 0 spiro atoms. The van der Waals surface area contributed by atoms with Crippen LogP contribution in [0.3, 0.4) is 0 Å². The van der Waals surface area contributed by atoms with Crippen molar-refractivity contribution in [3.8, 4) is 11.5 Å². The lowest BCUT2D eigenvalue weighted by Gasteiger charge is -2.36. The Balaban J connectivity index is 1.51. The molecule has 2 aromatic rings. The van der Waals surface area contributed by atoms with Crippen molar-refractivity contribution < 1.29 is 14.3 Å². The van der Waals surface area contributed by atoms with Crippen molar-refractivity contribution in [3.05, 3.63) is 58.6 Å². The van der Waals surface area contributed by atoms with Gasteiger partial charge in [-0.05, 0) is 35.4 Å². The molecule has 8 heteroatoms. The lowest BCUT2D eigenvalue weighted by atomic mass is 10.1. The number of hydrogen-bond acceptors (Lipinski definition) is 4. The van der Waals surface area contributed by atoms with Gasteiger partial charge in [-0.2, -0.15) is 0 Å². The summed E-state index contributed by atoms with van der Waals surface area (Å²) in [5.74, 6) is 2.34. The Bertz CT molecular complexity index is 927. The zero-order valence-corrected chi connectivity index (χ0v) is 19.0. The molecule has 0 unspecified atom stereocenters. The van der Waals surface area contributed by atoms with Gasteiger partial charge in [0.1, 0.15) is 0 Å². The summed E-state index contributed by atoms with van der Waals surface area (Å²) in [5.41, 5.74) is 2.00. The van der Waals surface area contributed by atoms with E-state index in [2.05, 4.69) is 15.2 Å². The highest BCUT2D eigenvalue weighted by Gasteiger charge is 2.23. The third kappa shape index (κ3) is 6.04. The van der Waals surface area contributed by atoms with Crippen LogP contribution in [0.15, 0.2) is 47.5 Å². The first kappa shape index (κ1) is 22.7. The minimum atomic E-state index is 0.121. The first-order chi connectivity index (χ1) is 15.0. The van der Waals surface area contributed by atoms with E-state index < -0.39 is 0 Å². The average Bonchev–Trinajstić information content (AvgIpc) is 2.79. The Hall–Kier alpha value is -2.93. The summed E-state index contributed by atoms with van der Waals surface area (Å²) in [6.07, 6.45) is 0.368. The topological polar surface area (TPSA) is 66.4 Å². The van der Waals surface area contributed by atoms with Gasteiger partial charge in [-0.1, -0.05) is 29.8 Å². The van der Waals surface area contributed by atoms with Gasteiger partial charge in [0.05, 0.1) is 20.6 Å². The molecule has 7 nitrogen and oxygen atoms in total. The maximum absolute atomic E-state index is 12.6. The van der Waals surface area contributed by atoms with Gasteiger partial charge in [0.2, 0.25) is 5.91 Å². The summed E-state index contributed by atoms with van der Waals surface area (Å²) in [6, 6.07) is 13.3. The standard InChI is InChI=1S/C23H29ClN4O3/c1-25-23(26-16-18-7-8-20(30-2)21(14-18)31-3)28-11-9-27(10-12-28)22(29)15-17-5-4-6-19(24)13-17/h4-8,13-14H,9-12,15-16H2,1-3H3,(H,25,26). The van der Waals surface area contributed by atoms with E-state index in [-0.39, 0.29) is 5.91 Å². The molecule has 31 heavy (non-hydrogen) atoms. The number of aliphatic imine (C=N–C) groups is 1. The molecule has 1 N–H and O–H groups in total. The van der Waals surface area contributed by atoms with Crippen LogP contribution >= 0.6 is 11.6 Å². The van der Waals surface area contributed by atoms with Crippen LogP contribution in [0, 0.1) is 0 Å². The Morgan fingerprint density at radius 2 is 1.71 bits per heavy atom. The maximum atomic E-state index is 12.6. The molecule has 0 aromatic heterocycles. The molecule has 1 aliphatic rings. The van der Waals surface area contributed by atoms with Crippen LogP contribution in [0.25, 0.3) is 0 Å². The molecule has 0 bridgehead atoms. The number of methoxy groups -OCH3 is 2. The van der Waals surface area contributed by atoms with Gasteiger partial charge in [0, 0.05) is 44.8 Å². The van der Waals surface area contributed by atoms with E-state index in [1.54, 1.807) is 21.3 Å². The fourth-order valence-corrected chi connectivity index (χ4v) is 3.82. The predicted molar refractivity (Wildman–Crippen MR) is 123 cm³/mol. The average molecular weight is 445 g/mol. The maximum Gasteiger partial charge on any atom is 0.227 e. The summed E-state index contributed by atoms with van der Waals surface area (Å²) in [6.45, 7) is 3.40. The first-order valence-electron chi connectivity index (χ1n) is 10.2. The molecule has 1 aliphatic heterocycles. The van der Waals surface area contributed by atoms with Crippen LogP contribution in [-0.4, -0.2) is 69.1 Å². The number of rotatable bonds is 6. The van der Waals surface area contributed by atoms with E-state index in [9.17, 15) is 4.79 Å². The third-order valence-corrected chi connectivity index (χ3v) is 5.52. The summed E-state index contributed by atoms with van der Waals surface area (Å²) >= 11 is 6.03. The minimum Gasteiger partial charge on any atom is -0.493 e. The Morgan fingerprint density at radius 1 is 1.00 bits per heavy atom. The molecule has 3 rings (SSSR count). The molecule has 1 amide bonds. The Morgan fingerprint density at radius 3 is 2.35 bits per heavy atom. The van der Waals surface area contributed by atoms with E-state index in [4.69, 9.17) is 21.1 Å². The van der Waals surface area contributed by atoms with Gasteiger partial charge in [-0.25, -0.2) is 0 Å². The zero-order chi connectivity index (χ0) is 22.2. The Labute approximate surface area is 188 Å². The fraction of sp³-hybridized carbons (Fsp3) is 0.391. The van der Waals surface area contributed by atoms with Crippen LogP contribution in [0.4, 0.5) is 0 Å². The number of benzene rings is 2. The molecule has 2 aromatic carbocycles. The Kier molecular flexibility index (Phi) is 8.00. The van der Waals surface area contributed by atoms with Crippen LogP contribution in [0.2, 0.25) is 5.02 Å². The van der Waals surface area contributed by atoms with E-state index in [0.29, 0.717) is 42.6 Å². The van der Waals surface area contributed by atoms with E-state index in [1.807, 2.05) is 47.4 Å². The lowest BCUT2D eigenvalue weighted by Crippen LogP contribution is -2.53. The molecule has 0 radical (unpaired) electrons. The van der Waals surface area contributed by atoms with Crippen LogP contribution in [0.1, 0.15) is 11.1 Å². The van der Waals surface area contributed by atoms with Gasteiger partial charge in [-0.3, -0.25) is 9.79 Å². The van der Waals surface area contributed by atoms with E-state index in [0.717, 1.165) is 30.2 Å². The zero-order valence-electron chi connectivity index (χ0n) is 18.2. The van der Waals surface area contributed by atoms with E-state index in [1.165, 1.54) is 0 Å². The largest absolute Gasteiger partial charge is 0.493 e. The van der Waals surface area contributed by atoms with Crippen molar-refractivity contribution >= 4 is 23.5 Å². The van der Waals surface area contributed by atoms with Gasteiger partial charge in [-0.15, -0.1) is 0 Å². The molecule has 0 aliphatic carbocycles. The number of nitrogens with one attached hydrogen (secondary N) is 1. The SMILES string of the molecule is CN=C(NCc1ccc(OC)c(OC)c1)N1CCN(C(=O)Cc2cccc(Cl)c2)CC1. The van der Waals surface area contributed by atoms with Crippen molar-refractivity contribution in [2.75, 3.05) is 47.4 Å². The third-order valence-electron chi connectivity index (χ3n) is 5.29. The molecule has 0 atom stereocenters. The van der Waals surface area contributed by atoms with Crippen molar-refractivity contribution in [1.82, 2.24) is 15.1 Å². The second-order valence-corrected chi connectivity index (χ2v) is 7.70. The molecule has 1 saturated heterocycles.